The molecule has 0 aliphatic carbocycles. The fraction of sp³-hybridized carbons (Fsp3) is 0.350. The van der Waals surface area contributed by atoms with Gasteiger partial charge >= 0.3 is 0 Å². The number of hydrogen-bond donors (Lipinski definition) is 2. The second-order valence-electron chi connectivity index (χ2n) is 7.01. The largest absolute Gasteiger partial charge is 0.350 e. The van der Waals surface area contributed by atoms with Gasteiger partial charge in [0.15, 0.2) is 0 Å². The van der Waals surface area contributed by atoms with Crippen molar-refractivity contribution in [2.75, 3.05) is 19.6 Å². The van der Waals surface area contributed by atoms with E-state index >= 15 is 0 Å². The van der Waals surface area contributed by atoms with Crippen molar-refractivity contribution in [1.29, 1.82) is 0 Å². The zero-order valence-electron chi connectivity index (χ0n) is 15.7. The number of carbonyl (C=O) groups is 1. The summed E-state index contributed by atoms with van der Waals surface area (Å²) >= 11 is 6.41. The quantitative estimate of drug-likeness (QED) is 0.750. The molecule has 1 fully saturated rings. The van der Waals surface area contributed by atoms with Crippen LogP contribution in [-0.4, -0.2) is 38.9 Å². The topological polar surface area (TPSA) is 92.5 Å². The van der Waals surface area contributed by atoms with Gasteiger partial charge in [0.1, 0.15) is 0 Å². The van der Waals surface area contributed by atoms with Crippen molar-refractivity contribution in [3.63, 3.8) is 0 Å². The van der Waals surface area contributed by atoms with Crippen LogP contribution in [0.15, 0.2) is 47.4 Å². The van der Waals surface area contributed by atoms with E-state index in [-0.39, 0.29) is 16.8 Å². The molecule has 2 aromatic rings. The van der Waals surface area contributed by atoms with Crippen molar-refractivity contribution in [2.45, 2.75) is 30.7 Å². The number of amides is 1. The number of nitrogens with zero attached hydrogens (tertiary/aromatic N) is 1. The van der Waals surface area contributed by atoms with E-state index in [0.29, 0.717) is 22.7 Å². The Kier molecular flexibility index (Phi) is 6.40. The summed E-state index contributed by atoms with van der Waals surface area (Å²) in [7, 11) is -3.87. The molecular formula is C20H24ClN3O3S. The van der Waals surface area contributed by atoms with Gasteiger partial charge in [-0.3, -0.25) is 9.69 Å². The number of carbonyl (C=O) groups excluding carboxylic acids is 1. The number of aryl methyl sites for hydroxylation is 1. The molecule has 1 heterocycles. The minimum atomic E-state index is -3.87. The van der Waals surface area contributed by atoms with Crippen LogP contribution in [0, 0.1) is 6.92 Å². The zero-order valence-corrected chi connectivity index (χ0v) is 17.3. The molecule has 1 saturated heterocycles. The molecule has 1 aliphatic rings. The highest BCUT2D eigenvalue weighted by Gasteiger charge is 2.26. The molecule has 150 valence electrons. The summed E-state index contributed by atoms with van der Waals surface area (Å²) < 4.78 is 23.2. The van der Waals surface area contributed by atoms with Gasteiger partial charge in [-0.15, -0.1) is 0 Å². The van der Waals surface area contributed by atoms with Crippen LogP contribution in [0.5, 0.6) is 0 Å². The number of benzene rings is 2. The van der Waals surface area contributed by atoms with E-state index in [9.17, 15) is 13.2 Å². The lowest BCUT2D eigenvalue weighted by atomic mass is 10.0. The van der Waals surface area contributed by atoms with Crippen LogP contribution in [0.3, 0.4) is 0 Å². The van der Waals surface area contributed by atoms with Gasteiger partial charge in [-0.1, -0.05) is 35.9 Å². The summed E-state index contributed by atoms with van der Waals surface area (Å²) in [4.78, 5) is 15.0. The van der Waals surface area contributed by atoms with Crippen molar-refractivity contribution in [3.8, 4) is 0 Å². The highest BCUT2D eigenvalue weighted by molar-refractivity contribution is 7.89. The average Bonchev–Trinajstić information content (AvgIpc) is 3.17. The molecule has 28 heavy (non-hydrogen) atoms. The lowest BCUT2D eigenvalue weighted by Crippen LogP contribution is -2.37. The van der Waals surface area contributed by atoms with Gasteiger partial charge in [-0.2, -0.15) is 0 Å². The molecule has 8 heteroatoms. The summed E-state index contributed by atoms with van der Waals surface area (Å²) in [6.45, 7) is 4.03. The molecular weight excluding hydrogens is 398 g/mol. The predicted octanol–water partition coefficient (Wildman–Crippen LogP) is 2.86. The molecule has 1 atom stereocenters. The van der Waals surface area contributed by atoms with Gasteiger partial charge in [0.05, 0.1) is 10.9 Å². The first-order valence-corrected chi connectivity index (χ1v) is 11.1. The molecule has 0 aromatic heterocycles. The van der Waals surface area contributed by atoms with E-state index in [1.54, 1.807) is 13.0 Å². The number of sulfonamides is 1. The van der Waals surface area contributed by atoms with E-state index < -0.39 is 10.0 Å². The standard InChI is InChI=1S/C20H24ClN3O3S/c1-14-8-9-15(28(22,26)27)12-17(14)20(25)23-13-19(24-10-4-5-11-24)16-6-2-3-7-18(16)21/h2-3,6-9,12,19H,4-5,10-11,13H2,1H3,(H,23,25)(H2,22,26,27)/t19-/m1/s1. The van der Waals surface area contributed by atoms with Crippen LogP contribution >= 0.6 is 11.6 Å². The van der Waals surface area contributed by atoms with Gasteiger partial charge in [0.2, 0.25) is 10.0 Å². The van der Waals surface area contributed by atoms with E-state index in [1.807, 2.05) is 24.3 Å². The fourth-order valence-electron chi connectivity index (χ4n) is 3.54. The third kappa shape index (κ3) is 4.72. The van der Waals surface area contributed by atoms with Crippen LogP contribution in [0.25, 0.3) is 0 Å². The minimum absolute atomic E-state index is 0.0399. The molecule has 1 amide bonds. The molecule has 6 nitrogen and oxygen atoms in total. The Hall–Kier alpha value is -1.93. The monoisotopic (exact) mass is 421 g/mol. The normalized spacial score (nSPS) is 16.1. The third-order valence-electron chi connectivity index (χ3n) is 5.08. The number of primary sulfonamides is 1. The summed E-state index contributed by atoms with van der Waals surface area (Å²) in [6.07, 6.45) is 2.23. The van der Waals surface area contributed by atoms with E-state index in [1.165, 1.54) is 12.1 Å². The minimum Gasteiger partial charge on any atom is -0.350 e. The maximum Gasteiger partial charge on any atom is 0.251 e. The van der Waals surface area contributed by atoms with E-state index in [4.69, 9.17) is 16.7 Å². The first-order chi connectivity index (χ1) is 13.3. The van der Waals surface area contributed by atoms with Gasteiger partial charge in [-0.05, 0) is 62.2 Å². The first kappa shape index (κ1) is 20.8. The van der Waals surface area contributed by atoms with Crippen LogP contribution in [-0.2, 0) is 10.0 Å². The number of halogens is 1. The second kappa shape index (κ2) is 8.61. The van der Waals surface area contributed by atoms with E-state index in [0.717, 1.165) is 31.5 Å². The van der Waals surface area contributed by atoms with E-state index in [2.05, 4.69) is 10.2 Å². The van der Waals surface area contributed by atoms with Gasteiger partial charge in [0.25, 0.3) is 5.91 Å². The van der Waals surface area contributed by atoms with Crippen LogP contribution in [0.1, 0.15) is 40.4 Å². The Morgan fingerprint density at radius 2 is 1.89 bits per heavy atom. The molecule has 0 spiro atoms. The van der Waals surface area contributed by atoms with Gasteiger partial charge < -0.3 is 5.32 Å². The molecule has 3 N–H and O–H groups in total. The maximum absolute atomic E-state index is 12.8. The van der Waals surface area contributed by atoms with Crippen LogP contribution in [0.2, 0.25) is 5.02 Å². The zero-order chi connectivity index (χ0) is 20.3. The fourth-order valence-corrected chi connectivity index (χ4v) is 4.34. The molecule has 2 aromatic carbocycles. The summed E-state index contributed by atoms with van der Waals surface area (Å²) in [5.41, 5.74) is 1.95. The first-order valence-electron chi connectivity index (χ1n) is 9.17. The van der Waals surface area contributed by atoms with Crippen molar-refractivity contribution >= 4 is 27.5 Å². The number of likely N-dealkylation sites (tertiary alicyclic amines) is 1. The Balaban J connectivity index is 1.82. The lowest BCUT2D eigenvalue weighted by molar-refractivity contribution is 0.0937. The number of rotatable bonds is 6. The smallest absolute Gasteiger partial charge is 0.251 e. The summed E-state index contributed by atoms with van der Waals surface area (Å²) in [6, 6.07) is 11.9. The molecule has 0 radical (unpaired) electrons. The number of hydrogen-bond acceptors (Lipinski definition) is 4. The Bertz CT molecular complexity index is 972. The van der Waals surface area contributed by atoms with Crippen molar-refractivity contribution in [1.82, 2.24) is 10.2 Å². The molecule has 0 bridgehead atoms. The average molecular weight is 422 g/mol. The number of nitrogens with two attached hydrogens (primary N) is 1. The highest BCUT2D eigenvalue weighted by Crippen LogP contribution is 2.29. The summed E-state index contributed by atoms with van der Waals surface area (Å²) in [5.74, 6) is -0.334. The Morgan fingerprint density at radius 3 is 2.54 bits per heavy atom. The van der Waals surface area contributed by atoms with Gasteiger partial charge in [-0.25, -0.2) is 13.6 Å². The van der Waals surface area contributed by atoms with Gasteiger partial charge in [0, 0.05) is 17.1 Å². The van der Waals surface area contributed by atoms with Crippen LogP contribution < -0.4 is 10.5 Å². The second-order valence-corrected chi connectivity index (χ2v) is 8.98. The number of nitrogens with one attached hydrogen (secondary N) is 1. The molecule has 0 unspecified atom stereocenters. The van der Waals surface area contributed by atoms with Crippen LogP contribution in [0.4, 0.5) is 0 Å². The van der Waals surface area contributed by atoms with Crippen molar-refractivity contribution in [3.05, 3.63) is 64.2 Å². The lowest BCUT2D eigenvalue weighted by Gasteiger charge is -2.29. The Morgan fingerprint density at radius 1 is 1.21 bits per heavy atom. The SMILES string of the molecule is Cc1ccc(S(N)(=O)=O)cc1C(=O)NC[C@H](c1ccccc1Cl)N1CCCC1. The predicted molar refractivity (Wildman–Crippen MR) is 110 cm³/mol. The third-order valence-corrected chi connectivity index (χ3v) is 6.34. The molecule has 1 aliphatic heterocycles. The Labute approximate surface area is 170 Å². The maximum atomic E-state index is 12.8. The molecule has 3 rings (SSSR count). The summed E-state index contributed by atoms with van der Waals surface area (Å²) in [5, 5.41) is 8.81. The van der Waals surface area contributed by atoms with Crippen molar-refractivity contribution < 1.29 is 13.2 Å². The highest BCUT2D eigenvalue weighted by atomic mass is 35.5. The molecule has 0 saturated carbocycles. The van der Waals surface area contributed by atoms with Crippen molar-refractivity contribution in [2.24, 2.45) is 5.14 Å².